The molecule has 1 aromatic carbocycles. The number of carbonyl (C=O) groups excluding carboxylic acids is 1. The fraction of sp³-hybridized carbons (Fsp3) is 0.333. The molecule has 0 radical (unpaired) electrons. The second-order valence-corrected chi connectivity index (χ2v) is 11.4. The number of carbonyl (C=O) groups is 2. The lowest BCUT2D eigenvalue weighted by atomic mass is 10.0. The number of hydrogen-bond donors (Lipinski definition) is 1. The number of carboxylic acids is 1. The number of thiophene rings is 1. The van der Waals surface area contributed by atoms with Gasteiger partial charge in [0, 0.05) is 37.8 Å². The van der Waals surface area contributed by atoms with Crippen molar-refractivity contribution >= 4 is 33.3 Å². The molecular weight excluding hydrogens is 517 g/mol. The van der Waals surface area contributed by atoms with E-state index >= 15 is 0 Å². The van der Waals surface area contributed by atoms with Gasteiger partial charge in [-0.15, -0.1) is 11.3 Å². The summed E-state index contributed by atoms with van der Waals surface area (Å²) in [5.41, 5.74) is 3.11. The van der Waals surface area contributed by atoms with Gasteiger partial charge in [0.1, 0.15) is 17.6 Å². The van der Waals surface area contributed by atoms with E-state index in [2.05, 4.69) is 9.97 Å². The Morgan fingerprint density at radius 3 is 2.64 bits per heavy atom. The molecule has 0 bridgehead atoms. The summed E-state index contributed by atoms with van der Waals surface area (Å²) in [4.78, 5) is 35.6. The summed E-state index contributed by atoms with van der Waals surface area (Å²) in [6.07, 6.45) is 8.03. The van der Waals surface area contributed by atoms with E-state index in [1.165, 1.54) is 17.4 Å². The molecular formula is C30H28FN3O4S. The highest BCUT2D eigenvalue weighted by Gasteiger charge is 2.30. The second-order valence-electron chi connectivity index (χ2n) is 10.4. The molecule has 0 spiro atoms. The first-order valence-corrected chi connectivity index (χ1v) is 14.0. The molecule has 1 N–H and O–H groups in total. The Labute approximate surface area is 229 Å². The third kappa shape index (κ3) is 5.84. The number of ether oxygens (including phenoxy) is 1. The first-order valence-electron chi connectivity index (χ1n) is 13.2. The average molecular weight is 546 g/mol. The largest absolute Gasteiger partial charge is 0.480 e. The normalized spacial score (nSPS) is 17.5. The molecule has 1 aliphatic heterocycles. The molecule has 4 heterocycles. The van der Waals surface area contributed by atoms with Crippen molar-refractivity contribution in [3.8, 4) is 22.1 Å². The fourth-order valence-electron chi connectivity index (χ4n) is 5.11. The van der Waals surface area contributed by atoms with Gasteiger partial charge in [0.05, 0.1) is 20.8 Å². The van der Waals surface area contributed by atoms with Gasteiger partial charge in [-0.1, -0.05) is 12.1 Å². The van der Waals surface area contributed by atoms with Gasteiger partial charge >= 0.3 is 5.97 Å². The molecule has 1 atom stereocenters. The molecule has 1 aliphatic carbocycles. The Morgan fingerprint density at radius 2 is 1.90 bits per heavy atom. The first-order chi connectivity index (χ1) is 18.9. The minimum atomic E-state index is -0.775. The lowest BCUT2D eigenvalue weighted by Crippen LogP contribution is -2.35. The topological polar surface area (TPSA) is 92.6 Å². The van der Waals surface area contributed by atoms with Crippen LogP contribution < -0.4 is 4.74 Å². The minimum Gasteiger partial charge on any atom is -0.480 e. The molecule has 39 heavy (non-hydrogen) atoms. The van der Waals surface area contributed by atoms with Gasteiger partial charge in [0.2, 0.25) is 0 Å². The van der Waals surface area contributed by atoms with E-state index in [4.69, 9.17) is 4.74 Å². The van der Waals surface area contributed by atoms with Crippen LogP contribution in [0.1, 0.15) is 43.2 Å². The number of hydrogen-bond acceptors (Lipinski definition) is 7. The number of benzene rings is 1. The molecule has 9 heteroatoms. The van der Waals surface area contributed by atoms with Gasteiger partial charge in [-0.2, -0.15) is 0 Å². The highest BCUT2D eigenvalue weighted by atomic mass is 32.1. The minimum absolute atomic E-state index is 0.0971. The number of likely N-dealkylation sites (tertiary alicyclic amines) is 1. The summed E-state index contributed by atoms with van der Waals surface area (Å²) in [6, 6.07) is 11.8. The summed E-state index contributed by atoms with van der Waals surface area (Å²) in [5.74, 6) is -0.0199. The van der Waals surface area contributed by atoms with Crippen molar-refractivity contribution < 1.29 is 23.8 Å². The summed E-state index contributed by atoms with van der Waals surface area (Å²) >= 11 is 1.46. The molecule has 0 unspecified atom stereocenters. The zero-order valence-corrected chi connectivity index (χ0v) is 22.1. The maximum absolute atomic E-state index is 14.9. The SMILES string of the molecule is O=C(Cc1ccc(Oc2ccnc3cc(-c4ccc(CN5CCC[C@H]5C(=O)O)cn4)sc23)c(F)c1)CC1CC1. The molecule has 6 rings (SSSR count). The van der Waals surface area contributed by atoms with Gasteiger partial charge in [0.25, 0.3) is 0 Å². The second kappa shape index (κ2) is 10.8. The van der Waals surface area contributed by atoms with E-state index in [-0.39, 0.29) is 18.0 Å². The van der Waals surface area contributed by atoms with Crippen molar-refractivity contribution in [3.63, 3.8) is 0 Å². The van der Waals surface area contributed by atoms with Crippen LogP contribution in [0.15, 0.2) is 54.9 Å². The fourth-order valence-corrected chi connectivity index (χ4v) is 6.16. The maximum Gasteiger partial charge on any atom is 0.320 e. The average Bonchev–Trinajstić information content (AvgIpc) is 3.41. The monoisotopic (exact) mass is 545 g/mol. The zero-order valence-electron chi connectivity index (χ0n) is 21.3. The van der Waals surface area contributed by atoms with E-state index in [0.29, 0.717) is 36.6 Å². The van der Waals surface area contributed by atoms with Crippen molar-refractivity contribution in [1.82, 2.24) is 14.9 Å². The van der Waals surface area contributed by atoms with Crippen LogP contribution in [0.3, 0.4) is 0 Å². The number of halogens is 1. The highest BCUT2D eigenvalue weighted by molar-refractivity contribution is 7.22. The number of nitrogens with zero attached hydrogens (tertiary/aromatic N) is 3. The Balaban J connectivity index is 1.17. The third-order valence-corrected chi connectivity index (χ3v) is 8.48. The number of Topliss-reactive ketones (excluding diaryl/α,β-unsaturated/α-hetero) is 1. The number of aliphatic carboxylic acids is 1. The molecule has 1 saturated heterocycles. The van der Waals surface area contributed by atoms with Gasteiger partial charge < -0.3 is 9.84 Å². The predicted molar refractivity (Wildman–Crippen MR) is 146 cm³/mol. The number of aromatic nitrogens is 2. The summed E-state index contributed by atoms with van der Waals surface area (Å²) < 4.78 is 21.6. The summed E-state index contributed by atoms with van der Waals surface area (Å²) in [7, 11) is 0. The smallest absolute Gasteiger partial charge is 0.320 e. The van der Waals surface area contributed by atoms with Crippen LogP contribution in [0.5, 0.6) is 11.5 Å². The van der Waals surface area contributed by atoms with Gasteiger partial charge in [-0.3, -0.25) is 24.5 Å². The van der Waals surface area contributed by atoms with E-state index in [1.54, 1.807) is 30.6 Å². The third-order valence-electron chi connectivity index (χ3n) is 7.32. The van der Waals surface area contributed by atoms with Crippen LogP contribution in [0, 0.1) is 11.7 Å². The summed E-state index contributed by atoms with van der Waals surface area (Å²) in [6.45, 7) is 1.32. The standard InChI is InChI=1S/C30H28FN3O4S/c31-22-14-19(13-21(35)12-18-3-4-18)6-8-26(22)38-27-9-10-32-24-15-28(39-29(24)27)23-7-5-20(16-33-23)17-34-11-1-2-25(34)30(36)37/h5-10,14-16,18,25H,1-4,11-13,17H2,(H,36,37)/t25-/m0/s1. The van der Waals surface area contributed by atoms with Crippen LogP contribution in [0.25, 0.3) is 20.8 Å². The molecule has 2 aliphatic rings. The molecule has 2 fully saturated rings. The number of pyridine rings is 2. The van der Waals surface area contributed by atoms with E-state index in [0.717, 1.165) is 52.2 Å². The predicted octanol–water partition coefficient (Wildman–Crippen LogP) is 6.25. The molecule has 7 nitrogen and oxygen atoms in total. The van der Waals surface area contributed by atoms with Crippen molar-refractivity contribution in [2.24, 2.45) is 5.92 Å². The van der Waals surface area contributed by atoms with Crippen LogP contribution in [-0.4, -0.2) is 44.3 Å². The molecule has 200 valence electrons. The number of ketones is 1. The quantitative estimate of drug-likeness (QED) is 0.252. The Morgan fingerprint density at radius 1 is 1.05 bits per heavy atom. The van der Waals surface area contributed by atoms with Crippen LogP contribution in [0.2, 0.25) is 0 Å². The van der Waals surface area contributed by atoms with Crippen molar-refractivity contribution in [2.75, 3.05) is 6.54 Å². The van der Waals surface area contributed by atoms with Crippen LogP contribution >= 0.6 is 11.3 Å². The summed E-state index contributed by atoms with van der Waals surface area (Å²) in [5, 5.41) is 9.42. The maximum atomic E-state index is 14.9. The Kier molecular flexibility index (Phi) is 7.10. The van der Waals surface area contributed by atoms with Gasteiger partial charge in [-0.25, -0.2) is 4.39 Å². The van der Waals surface area contributed by atoms with Crippen molar-refractivity contribution in [3.05, 3.63) is 71.8 Å². The zero-order chi connectivity index (χ0) is 26.9. The van der Waals surface area contributed by atoms with Crippen molar-refractivity contribution in [1.29, 1.82) is 0 Å². The number of rotatable bonds is 10. The van der Waals surface area contributed by atoms with E-state index < -0.39 is 17.8 Å². The molecule has 0 amide bonds. The molecule has 4 aromatic rings. The molecule has 3 aromatic heterocycles. The van der Waals surface area contributed by atoms with E-state index in [9.17, 15) is 19.1 Å². The first kappa shape index (κ1) is 25.6. The van der Waals surface area contributed by atoms with Crippen molar-refractivity contribution in [2.45, 2.75) is 51.1 Å². The van der Waals surface area contributed by atoms with Crippen LogP contribution in [0.4, 0.5) is 4.39 Å². The van der Waals surface area contributed by atoms with E-state index in [1.807, 2.05) is 23.1 Å². The number of fused-ring (bicyclic) bond motifs is 1. The number of carboxylic acid groups (broad SMARTS) is 1. The highest BCUT2D eigenvalue weighted by Crippen LogP contribution is 2.39. The van der Waals surface area contributed by atoms with Crippen LogP contribution in [-0.2, 0) is 22.6 Å². The lowest BCUT2D eigenvalue weighted by molar-refractivity contribution is -0.142. The molecule has 1 saturated carbocycles. The Bertz CT molecular complexity index is 1530. The Hall–Kier alpha value is -3.69. The lowest BCUT2D eigenvalue weighted by Gasteiger charge is -2.20. The van der Waals surface area contributed by atoms with Gasteiger partial charge in [0.15, 0.2) is 11.6 Å². The van der Waals surface area contributed by atoms with Gasteiger partial charge in [-0.05, 0) is 73.5 Å².